The lowest BCUT2D eigenvalue weighted by Crippen LogP contribution is -2.11. The van der Waals surface area contributed by atoms with Crippen molar-refractivity contribution < 1.29 is 4.74 Å². The minimum Gasteiger partial charge on any atom is -0.376 e. The van der Waals surface area contributed by atoms with Crippen LogP contribution in [0.2, 0.25) is 0 Å². The molecule has 0 saturated heterocycles. The summed E-state index contributed by atoms with van der Waals surface area (Å²) in [5.74, 6) is 0.852. The van der Waals surface area contributed by atoms with Gasteiger partial charge in [-0.3, -0.25) is 0 Å². The Morgan fingerprint density at radius 3 is 2.88 bits per heavy atom. The van der Waals surface area contributed by atoms with E-state index in [1.807, 2.05) is 0 Å². The Hall–Kier alpha value is -0.860. The van der Waals surface area contributed by atoms with E-state index in [9.17, 15) is 0 Å². The summed E-state index contributed by atoms with van der Waals surface area (Å²) < 4.78 is 5.68. The quantitative estimate of drug-likeness (QED) is 0.761. The van der Waals surface area contributed by atoms with Crippen LogP contribution >= 0.6 is 0 Å². The number of hydrogen-bond donors (Lipinski definition) is 1. The molecular formula is C14H21NO. The number of benzene rings is 1. The molecule has 2 heteroatoms. The first-order chi connectivity index (χ1) is 7.88. The average Bonchev–Trinajstić information content (AvgIpc) is 3.11. The molecule has 0 amide bonds. The van der Waals surface area contributed by atoms with Gasteiger partial charge in [-0.2, -0.15) is 0 Å². The molecule has 2 rings (SSSR count). The summed E-state index contributed by atoms with van der Waals surface area (Å²) in [6.07, 6.45) is 2.72. The highest BCUT2D eigenvalue weighted by Crippen LogP contribution is 2.29. The maximum absolute atomic E-state index is 5.68. The molecule has 1 saturated carbocycles. The second-order valence-corrected chi connectivity index (χ2v) is 4.56. The van der Waals surface area contributed by atoms with E-state index >= 15 is 0 Å². The van der Waals surface area contributed by atoms with E-state index in [1.165, 1.54) is 24.0 Å². The first-order valence-electron chi connectivity index (χ1n) is 6.24. The third kappa shape index (κ3) is 3.95. The number of ether oxygens (including phenoxy) is 1. The van der Waals surface area contributed by atoms with Crippen LogP contribution in [0.1, 0.15) is 30.9 Å². The zero-order valence-electron chi connectivity index (χ0n) is 10.0. The minimum absolute atomic E-state index is 0.760. The molecule has 0 spiro atoms. The molecule has 0 radical (unpaired) electrons. The van der Waals surface area contributed by atoms with Crippen molar-refractivity contribution in [3.8, 4) is 0 Å². The molecule has 1 aromatic rings. The standard InChI is InChI=1S/C14H21NO/c1-2-15-9-13-4-3-5-14(8-13)11-16-10-12-6-7-12/h3-5,8,12,15H,2,6-7,9-11H2,1H3. The molecule has 1 aromatic carbocycles. The summed E-state index contributed by atoms with van der Waals surface area (Å²) in [6.45, 7) is 5.80. The Labute approximate surface area is 98.0 Å². The van der Waals surface area contributed by atoms with Crippen molar-refractivity contribution in [1.82, 2.24) is 5.32 Å². The molecule has 88 valence electrons. The highest BCUT2D eigenvalue weighted by atomic mass is 16.5. The van der Waals surface area contributed by atoms with Crippen LogP contribution in [-0.2, 0) is 17.9 Å². The molecule has 0 bridgehead atoms. The molecule has 2 nitrogen and oxygen atoms in total. The Balaban J connectivity index is 1.77. The Morgan fingerprint density at radius 1 is 1.31 bits per heavy atom. The summed E-state index contributed by atoms with van der Waals surface area (Å²) in [6, 6.07) is 8.65. The predicted molar refractivity (Wildman–Crippen MR) is 66.2 cm³/mol. The molecule has 1 aliphatic carbocycles. The molecule has 1 aliphatic rings. The van der Waals surface area contributed by atoms with Crippen LogP contribution in [0.3, 0.4) is 0 Å². The molecule has 0 atom stereocenters. The van der Waals surface area contributed by atoms with Crippen LogP contribution in [0.25, 0.3) is 0 Å². The maximum atomic E-state index is 5.68. The normalized spacial score (nSPS) is 15.3. The van der Waals surface area contributed by atoms with Crippen molar-refractivity contribution >= 4 is 0 Å². The SMILES string of the molecule is CCNCc1cccc(COCC2CC2)c1. The van der Waals surface area contributed by atoms with Crippen molar-refractivity contribution in [3.05, 3.63) is 35.4 Å². The molecule has 16 heavy (non-hydrogen) atoms. The van der Waals surface area contributed by atoms with E-state index < -0.39 is 0 Å². The van der Waals surface area contributed by atoms with Gasteiger partial charge in [0, 0.05) is 13.2 Å². The van der Waals surface area contributed by atoms with E-state index in [0.717, 1.165) is 32.2 Å². The van der Waals surface area contributed by atoms with E-state index in [2.05, 4.69) is 36.5 Å². The first kappa shape index (κ1) is 11.6. The van der Waals surface area contributed by atoms with Gasteiger partial charge in [-0.25, -0.2) is 0 Å². The van der Waals surface area contributed by atoms with Gasteiger partial charge in [0.2, 0.25) is 0 Å². The molecule has 1 N–H and O–H groups in total. The van der Waals surface area contributed by atoms with E-state index in [4.69, 9.17) is 4.74 Å². The van der Waals surface area contributed by atoms with Crippen molar-refractivity contribution in [2.45, 2.75) is 32.9 Å². The summed E-state index contributed by atoms with van der Waals surface area (Å²) in [5, 5.41) is 3.34. The van der Waals surface area contributed by atoms with E-state index in [0.29, 0.717) is 0 Å². The molecule has 1 fully saturated rings. The third-order valence-electron chi connectivity index (χ3n) is 2.89. The van der Waals surface area contributed by atoms with E-state index in [-0.39, 0.29) is 0 Å². The topological polar surface area (TPSA) is 21.3 Å². The Kier molecular flexibility index (Phi) is 4.37. The average molecular weight is 219 g/mol. The second kappa shape index (κ2) is 6.02. The molecule has 0 aliphatic heterocycles. The molecule has 0 heterocycles. The van der Waals surface area contributed by atoms with Gasteiger partial charge in [0.05, 0.1) is 6.61 Å². The van der Waals surface area contributed by atoms with Crippen LogP contribution in [0.15, 0.2) is 24.3 Å². The molecule has 0 aromatic heterocycles. The summed E-state index contributed by atoms with van der Waals surface area (Å²) in [5.41, 5.74) is 2.63. The largest absolute Gasteiger partial charge is 0.376 e. The Bertz CT molecular complexity index is 320. The van der Waals surface area contributed by atoms with Gasteiger partial charge < -0.3 is 10.1 Å². The van der Waals surface area contributed by atoms with Gasteiger partial charge in [-0.05, 0) is 36.4 Å². The second-order valence-electron chi connectivity index (χ2n) is 4.56. The third-order valence-corrected chi connectivity index (χ3v) is 2.89. The van der Waals surface area contributed by atoms with Gasteiger partial charge in [-0.1, -0.05) is 31.2 Å². The predicted octanol–water partition coefficient (Wildman–Crippen LogP) is 2.72. The zero-order chi connectivity index (χ0) is 11.2. The monoisotopic (exact) mass is 219 g/mol. The van der Waals surface area contributed by atoms with Crippen molar-refractivity contribution in [3.63, 3.8) is 0 Å². The highest BCUT2D eigenvalue weighted by Gasteiger charge is 2.20. The first-order valence-corrected chi connectivity index (χ1v) is 6.24. The number of hydrogen-bond acceptors (Lipinski definition) is 2. The van der Waals surface area contributed by atoms with Crippen molar-refractivity contribution in [2.24, 2.45) is 5.92 Å². The fraction of sp³-hybridized carbons (Fsp3) is 0.571. The number of rotatable bonds is 7. The molecular weight excluding hydrogens is 198 g/mol. The summed E-state index contributed by atoms with van der Waals surface area (Å²) >= 11 is 0. The lowest BCUT2D eigenvalue weighted by Gasteiger charge is -2.06. The summed E-state index contributed by atoms with van der Waals surface area (Å²) in [7, 11) is 0. The van der Waals surface area contributed by atoms with Crippen molar-refractivity contribution in [1.29, 1.82) is 0 Å². The van der Waals surface area contributed by atoms with Gasteiger partial charge in [0.25, 0.3) is 0 Å². The fourth-order valence-electron chi connectivity index (χ4n) is 1.73. The maximum Gasteiger partial charge on any atom is 0.0717 e. The fourth-order valence-corrected chi connectivity index (χ4v) is 1.73. The van der Waals surface area contributed by atoms with Crippen LogP contribution < -0.4 is 5.32 Å². The van der Waals surface area contributed by atoms with Crippen LogP contribution in [0, 0.1) is 5.92 Å². The number of nitrogens with one attached hydrogen (secondary N) is 1. The van der Waals surface area contributed by atoms with Crippen LogP contribution in [-0.4, -0.2) is 13.2 Å². The van der Waals surface area contributed by atoms with E-state index in [1.54, 1.807) is 0 Å². The van der Waals surface area contributed by atoms with Gasteiger partial charge in [0.1, 0.15) is 0 Å². The van der Waals surface area contributed by atoms with Crippen LogP contribution in [0.4, 0.5) is 0 Å². The Morgan fingerprint density at radius 2 is 2.12 bits per heavy atom. The smallest absolute Gasteiger partial charge is 0.0717 e. The molecule has 0 unspecified atom stereocenters. The van der Waals surface area contributed by atoms with Gasteiger partial charge >= 0.3 is 0 Å². The summed E-state index contributed by atoms with van der Waals surface area (Å²) in [4.78, 5) is 0. The lowest BCUT2D eigenvalue weighted by molar-refractivity contribution is 0.111. The highest BCUT2D eigenvalue weighted by molar-refractivity contribution is 5.22. The van der Waals surface area contributed by atoms with Crippen LogP contribution in [0.5, 0.6) is 0 Å². The lowest BCUT2D eigenvalue weighted by atomic mass is 10.1. The van der Waals surface area contributed by atoms with Gasteiger partial charge in [0.15, 0.2) is 0 Å². The zero-order valence-corrected chi connectivity index (χ0v) is 10.0. The van der Waals surface area contributed by atoms with Gasteiger partial charge in [-0.15, -0.1) is 0 Å². The van der Waals surface area contributed by atoms with Crippen molar-refractivity contribution in [2.75, 3.05) is 13.2 Å². The minimum atomic E-state index is 0.760.